The highest BCUT2D eigenvalue weighted by Gasteiger charge is 2.21. The fourth-order valence-corrected chi connectivity index (χ4v) is 2.17. The number of carbonyl (C=O) groups is 3. The lowest BCUT2D eigenvalue weighted by Gasteiger charge is -2.16. The van der Waals surface area contributed by atoms with Crippen molar-refractivity contribution < 1.29 is 19.1 Å². The van der Waals surface area contributed by atoms with E-state index in [1.54, 1.807) is 36.9 Å². The van der Waals surface area contributed by atoms with Gasteiger partial charge in [-0.05, 0) is 24.6 Å². The number of nitrogens with one attached hydrogen (secondary N) is 1. The Morgan fingerprint density at radius 1 is 1.36 bits per heavy atom. The highest BCUT2D eigenvalue weighted by molar-refractivity contribution is 5.97. The first-order chi connectivity index (χ1) is 10.5. The Balaban J connectivity index is 1.94. The van der Waals surface area contributed by atoms with E-state index in [9.17, 15) is 14.4 Å². The summed E-state index contributed by atoms with van der Waals surface area (Å²) in [5.41, 5.74) is 1.34. The first-order valence-electron chi connectivity index (χ1n) is 7.34. The highest BCUT2D eigenvalue weighted by Crippen LogP contribution is 2.24. The van der Waals surface area contributed by atoms with Crippen LogP contribution in [-0.2, 0) is 19.1 Å². The third-order valence-corrected chi connectivity index (χ3v) is 3.33. The third-order valence-electron chi connectivity index (χ3n) is 3.33. The van der Waals surface area contributed by atoms with Crippen molar-refractivity contribution in [2.24, 2.45) is 5.92 Å². The molecule has 2 rings (SSSR count). The second-order valence-corrected chi connectivity index (χ2v) is 5.51. The Bertz CT molecular complexity index is 583. The van der Waals surface area contributed by atoms with E-state index in [2.05, 4.69) is 5.32 Å². The van der Waals surface area contributed by atoms with Gasteiger partial charge in [0.1, 0.15) is 0 Å². The minimum Gasteiger partial charge on any atom is -0.455 e. The van der Waals surface area contributed by atoms with Crippen molar-refractivity contribution in [1.82, 2.24) is 0 Å². The number of benzene rings is 1. The fourth-order valence-electron chi connectivity index (χ4n) is 2.17. The van der Waals surface area contributed by atoms with Crippen LogP contribution in [0.3, 0.4) is 0 Å². The first-order valence-corrected chi connectivity index (χ1v) is 7.34. The maximum Gasteiger partial charge on any atom is 0.308 e. The van der Waals surface area contributed by atoms with Gasteiger partial charge in [0, 0.05) is 24.3 Å². The zero-order valence-electron chi connectivity index (χ0n) is 12.8. The quantitative estimate of drug-likeness (QED) is 0.844. The molecule has 0 radical (unpaired) electrons. The predicted molar refractivity (Wildman–Crippen MR) is 82.5 cm³/mol. The van der Waals surface area contributed by atoms with Crippen molar-refractivity contribution in [3.8, 4) is 0 Å². The Morgan fingerprint density at radius 3 is 2.77 bits per heavy atom. The van der Waals surface area contributed by atoms with E-state index in [1.165, 1.54) is 0 Å². The molecule has 0 atom stereocenters. The van der Waals surface area contributed by atoms with Gasteiger partial charge in [0.25, 0.3) is 5.91 Å². The number of rotatable bonds is 5. The molecular weight excluding hydrogens is 284 g/mol. The molecule has 6 heteroatoms. The lowest BCUT2D eigenvalue weighted by Crippen LogP contribution is -2.24. The number of esters is 1. The van der Waals surface area contributed by atoms with Crippen molar-refractivity contribution in [2.45, 2.75) is 26.7 Å². The zero-order valence-corrected chi connectivity index (χ0v) is 12.8. The summed E-state index contributed by atoms with van der Waals surface area (Å²) in [6, 6.07) is 7.08. The van der Waals surface area contributed by atoms with Crippen LogP contribution in [0, 0.1) is 5.92 Å². The molecule has 1 heterocycles. The molecule has 0 spiro atoms. The first kappa shape index (κ1) is 16.0. The monoisotopic (exact) mass is 304 g/mol. The maximum absolute atomic E-state index is 11.8. The smallest absolute Gasteiger partial charge is 0.308 e. The van der Waals surface area contributed by atoms with Crippen LogP contribution in [-0.4, -0.2) is 30.9 Å². The predicted octanol–water partition coefficient (Wildman–Crippen LogP) is 1.95. The lowest BCUT2D eigenvalue weighted by molar-refractivity contribution is -0.150. The van der Waals surface area contributed by atoms with E-state index in [0.29, 0.717) is 18.7 Å². The van der Waals surface area contributed by atoms with Crippen molar-refractivity contribution in [3.05, 3.63) is 24.3 Å². The van der Waals surface area contributed by atoms with Crippen molar-refractivity contribution in [1.29, 1.82) is 0 Å². The summed E-state index contributed by atoms with van der Waals surface area (Å²) in [7, 11) is 0. The Labute approximate surface area is 129 Å². The van der Waals surface area contributed by atoms with Gasteiger partial charge in [-0.25, -0.2) is 0 Å². The Hall–Kier alpha value is -2.37. The van der Waals surface area contributed by atoms with Crippen LogP contribution in [0.1, 0.15) is 26.7 Å². The standard InChI is InChI=1S/C16H20N2O4/c1-11(2)16(21)22-10-14(19)17-12-5-3-6-13(9-12)18-8-4-7-15(18)20/h3,5-6,9,11H,4,7-8,10H2,1-2H3,(H,17,19). The van der Waals surface area contributed by atoms with E-state index in [0.717, 1.165) is 12.1 Å². The number of hydrogen-bond acceptors (Lipinski definition) is 4. The second kappa shape index (κ2) is 7.06. The summed E-state index contributed by atoms with van der Waals surface area (Å²) in [4.78, 5) is 36.5. The minimum absolute atomic E-state index is 0.0920. The normalized spacial score (nSPS) is 14.3. The average Bonchev–Trinajstić information content (AvgIpc) is 2.91. The van der Waals surface area contributed by atoms with Crippen molar-refractivity contribution in [2.75, 3.05) is 23.4 Å². The molecule has 0 saturated carbocycles. The van der Waals surface area contributed by atoms with Gasteiger partial charge in [-0.1, -0.05) is 19.9 Å². The van der Waals surface area contributed by atoms with Crippen LogP contribution >= 0.6 is 0 Å². The molecule has 1 aromatic rings. The number of hydrogen-bond donors (Lipinski definition) is 1. The summed E-state index contributed by atoms with van der Waals surface area (Å²) >= 11 is 0. The van der Waals surface area contributed by atoms with Crippen LogP contribution in [0.5, 0.6) is 0 Å². The van der Waals surface area contributed by atoms with Crippen LogP contribution in [0.4, 0.5) is 11.4 Å². The molecule has 0 bridgehead atoms. The topological polar surface area (TPSA) is 75.7 Å². The molecule has 2 amide bonds. The molecular formula is C16H20N2O4. The molecule has 1 N–H and O–H groups in total. The molecule has 1 aliphatic heterocycles. The second-order valence-electron chi connectivity index (χ2n) is 5.51. The number of anilines is 2. The molecule has 1 saturated heterocycles. The maximum atomic E-state index is 11.8. The summed E-state index contributed by atoms with van der Waals surface area (Å²) in [6.45, 7) is 3.79. The number of carbonyl (C=O) groups excluding carboxylic acids is 3. The van der Waals surface area contributed by atoms with E-state index >= 15 is 0 Å². The van der Waals surface area contributed by atoms with Gasteiger partial charge >= 0.3 is 5.97 Å². The molecule has 118 valence electrons. The lowest BCUT2D eigenvalue weighted by atomic mass is 10.2. The number of nitrogens with zero attached hydrogens (tertiary/aromatic N) is 1. The van der Waals surface area contributed by atoms with Gasteiger partial charge in [-0.3, -0.25) is 14.4 Å². The Kier molecular flexibility index (Phi) is 5.14. The Morgan fingerprint density at radius 2 is 2.14 bits per heavy atom. The molecule has 0 aliphatic carbocycles. The van der Waals surface area contributed by atoms with E-state index in [-0.39, 0.29) is 18.4 Å². The molecule has 0 aromatic heterocycles. The van der Waals surface area contributed by atoms with Crippen molar-refractivity contribution in [3.63, 3.8) is 0 Å². The SMILES string of the molecule is CC(C)C(=O)OCC(=O)Nc1cccc(N2CCCC2=O)c1. The van der Waals surface area contributed by atoms with Crippen LogP contribution in [0.25, 0.3) is 0 Å². The minimum atomic E-state index is -0.411. The van der Waals surface area contributed by atoms with Gasteiger partial charge in [0.15, 0.2) is 6.61 Å². The number of ether oxygens (including phenoxy) is 1. The van der Waals surface area contributed by atoms with E-state index < -0.39 is 11.9 Å². The summed E-state index contributed by atoms with van der Waals surface area (Å²) < 4.78 is 4.87. The van der Waals surface area contributed by atoms with Gasteiger partial charge < -0.3 is 15.0 Å². The molecule has 22 heavy (non-hydrogen) atoms. The average molecular weight is 304 g/mol. The van der Waals surface area contributed by atoms with Gasteiger partial charge in [-0.15, -0.1) is 0 Å². The highest BCUT2D eigenvalue weighted by atomic mass is 16.5. The van der Waals surface area contributed by atoms with E-state index in [1.807, 2.05) is 6.07 Å². The van der Waals surface area contributed by atoms with Gasteiger partial charge in [-0.2, -0.15) is 0 Å². The molecule has 0 unspecified atom stereocenters. The van der Waals surface area contributed by atoms with Crippen LogP contribution in [0.15, 0.2) is 24.3 Å². The summed E-state index contributed by atoms with van der Waals surface area (Å²) in [5, 5.41) is 2.66. The third kappa shape index (κ3) is 4.07. The zero-order chi connectivity index (χ0) is 16.1. The van der Waals surface area contributed by atoms with Crippen molar-refractivity contribution >= 4 is 29.2 Å². The molecule has 1 aromatic carbocycles. The van der Waals surface area contributed by atoms with Crippen LogP contribution < -0.4 is 10.2 Å². The fraction of sp³-hybridized carbons (Fsp3) is 0.438. The van der Waals surface area contributed by atoms with Gasteiger partial charge in [0.05, 0.1) is 5.92 Å². The van der Waals surface area contributed by atoms with Crippen LogP contribution in [0.2, 0.25) is 0 Å². The number of amides is 2. The molecule has 1 fully saturated rings. The largest absolute Gasteiger partial charge is 0.455 e. The molecule has 6 nitrogen and oxygen atoms in total. The molecule has 1 aliphatic rings. The summed E-state index contributed by atoms with van der Waals surface area (Å²) in [5.74, 6) is -0.989. The summed E-state index contributed by atoms with van der Waals surface area (Å²) in [6.07, 6.45) is 1.41. The van der Waals surface area contributed by atoms with Gasteiger partial charge in [0.2, 0.25) is 5.91 Å². The van der Waals surface area contributed by atoms with E-state index in [4.69, 9.17) is 4.74 Å².